The summed E-state index contributed by atoms with van der Waals surface area (Å²) in [6.45, 7) is 2.47. The number of ether oxygens (including phenoxy) is 2. The summed E-state index contributed by atoms with van der Waals surface area (Å²) in [7, 11) is 1.47. The topological polar surface area (TPSA) is 71.3 Å². The Morgan fingerprint density at radius 2 is 1.97 bits per heavy atom. The van der Waals surface area contributed by atoms with Crippen molar-refractivity contribution in [2.24, 2.45) is 0 Å². The van der Waals surface area contributed by atoms with Gasteiger partial charge in [-0.1, -0.05) is 19.1 Å². The van der Waals surface area contributed by atoms with Gasteiger partial charge < -0.3 is 14.8 Å². The van der Waals surface area contributed by atoms with Crippen LogP contribution in [0.15, 0.2) is 48.0 Å². The highest BCUT2D eigenvalue weighted by Gasteiger charge is 2.30. The van der Waals surface area contributed by atoms with Gasteiger partial charge in [0.15, 0.2) is 11.5 Å². The first-order chi connectivity index (χ1) is 13.8. The molecule has 2 aromatic rings. The molecule has 29 heavy (non-hydrogen) atoms. The van der Waals surface area contributed by atoms with E-state index in [0.29, 0.717) is 23.7 Å². The molecular formula is C21H19F3N2O3. The number of halogens is 3. The monoisotopic (exact) mass is 404 g/mol. The Balaban J connectivity index is 2.23. The molecule has 0 saturated carbocycles. The summed E-state index contributed by atoms with van der Waals surface area (Å²) in [5.41, 5.74) is -0.731. The van der Waals surface area contributed by atoms with Gasteiger partial charge >= 0.3 is 6.18 Å². The fraction of sp³-hybridized carbons (Fsp3) is 0.238. The zero-order valence-corrected chi connectivity index (χ0v) is 15.8. The Hall–Kier alpha value is -3.47. The zero-order valence-electron chi connectivity index (χ0n) is 15.8. The Kier molecular flexibility index (Phi) is 7.26. The first-order valence-corrected chi connectivity index (χ1v) is 8.69. The molecule has 5 nitrogen and oxygen atoms in total. The van der Waals surface area contributed by atoms with E-state index >= 15 is 0 Å². The van der Waals surface area contributed by atoms with Crippen LogP contribution >= 0.6 is 0 Å². The molecule has 0 saturated heterocycles. The Labute approximate surface area is 166 Å². The number of nitriles is 1. The van der Waals surface area contributed by atoms with Gasteiger partial charge in [-0.25, -0.2) is 0 Å². The van der Waals surface area contributed by atoms with Gasteiger partial charge in [-0.3, -0.25) is 4.79 Å². The van der Waals surface area contributed by atoms with Gasteiger partial charge in [0.05, 0.1) is 19.3 Å². The first-order valence-electron chi connectivity index (χ1n) is 8.69. The number of nitrogens with one attached hydrogen (secondary N) is 1. The van der Waals surface area contributed by atoms with Crippen LogP contribution in [-0.2, 0) is 11.0 Å². The Morgan fingerprint density at radius 1 is 1.21 bits per heavy atom. The lowest BCUT2D eigenvalue weighted by Gasteiger charge is -2.11. The molecule has 1 amide bonds. The number of amides is 1. The van der Waals surface area contributed by atoms with Crippen LogP contribution in [0.5, 0.6) is 11.5 Å². The second kappa shape index (κ2) is 9.64. The number of rotatable bonds is 7. The molecule has 0 aliphatic carbocycles. The molecule has 0 aliphatic rings. The van der Waals surface area contributed by atoms with Gasteiger partial charge in [0.2, 0.25) is 0 Å². The summed E-state index contributed by atoms with van der Waals surface area (Å²) >= 11 is 0. The van der Waals surface area contributed by atoms with Gasteiger partial charge in [-0.05, 0) is 48.4 Å². The van der Waals surface area contributed by atoms with Crippen LogP contribution in [0.1, 0.15) is 24.5 Å². The predicted octanol–water partition coefficient (Wildman–Crippen LogP) is 5.05. The van der Waals surface area contributed by atoms with Crippen molar-refractivity contribution in [1.82, 2.24) is 0 Å². The van der Waals surface area contributed by atoms with E-state index < -0.39 is 17.6 Å². The molecule has 2 rings (SSSR count). The van der Waals surface area contributed by atoms with Crippen molar-refractivity contribution < 1.29 is 27.4 Å². The molecule has 0 spiro atoms. The van der Waals surface area contributed by atoms with E-state index in [1.165, 1.54) is 25.3 Å². The number of carbonyl (C=O) groups is 1. The van der Waals surface area contributed by atoms with E-state index in [-0.39, 0.29) is 11.3 Å². The fourth-order valence-electron chi connectivity index (χ4n) is 2.39. The van der Waals surface area contributed by atoms with Gasteiger partial charge in [0, 0.05) is 5.69 Å². The van der Waals surface area contributed by atoms with Crippen LogP contribution < -0.4 is 14.8 Å². The maximum atomic E-state index is 12.8. The number of benzene rings is 2. The number of carbonyl (C=O) groups excluding carboxylic acids is 1. The number of anilines is 1. The zero-order chi connectivity index (χ0) is 21.4. The van der Waals surface area contributed by atoms with Crippen LogP contribution in [-0.4, -0.2) is 19.6 Å². The lowest BCUT2D eigenvalue weighted by Crippen LogP contribution is -2.14. The van der Waals surface area contributed by atoms with Crippen molar-refractivity contribution in [2.75, 3.05) is 19.0 Å². The quantitative estimate of drug-likeness (QED) is 0.518. The number of hydrogen-bond acceptors (Lipinski definition) is 4. The third-order valence-electron chi connectivity index (χ3n) is 3.77. The lowest BCUT2D eigenvalue weighted by molar-refractivity contribution is -0.137. The molecule has 0 fully saturated rings. The first kappa shape index (κ1) is 21.8. The summed E-state index contributed by atoms with van der Waals surface area (Å²) in [6.07, 6.45) is -2.40. The summed E-state index contributed by atoms with van der Waals surface area (Å²) in [5.74, 6) is 0.137. The largest absolute Gasteiger partial charge is 0.493 e. The molecule has 1 N–H and O–H groups in total. The SMILES string of the molecule is CCCOc1ccc(/C=C(\C#N)C(=O)Nc2cccc(C(F)(F)F)c2)cc1OC. The van der Waals surface area contributed by atoms with E-state index in [2.05, 4.69) is 5.32 Å². The van der Waals surface area contributed by atoms with Crippen LogP contribution in [0.4, 0.5) is 18.9 Å². The average Bonchev–Trinajstić information content (AvgIpc) is 2.70. The summed E-state index contributed by atoms with van der Waals surface area (Å²) in [6, 6.07) is 10.8. The lowest BCUT2D eigenvalue weighted by atomic mass is 10.1. The second-order valence-electron chi connectivity index (χ2n) is 5.96. The van der Waals surface area contributed by atoms with E-state index in [9.17, 15) is 23.2 Å². The van der Waals surface area contributed by atoms with Crippen molar-refractivity contribution in [3.8, 4) is 17.6 Å². The third kappa shape index (κ3) is 6.01. The van der Waals surface area contributed by atoms with E-state index in [0.717, 1.165) is 18.6 Å². The van der Waals surface area contributed by atoms with Crippen LogP contribution in [0.3, 0.4) is 0 Å². The number of hydrogen-bond donors (Lipinski definition) is 1. The minimum atomic E-state index is -4.53. The van der Waals surface area contributed by atoms with Crippen molar-refractivity contribution in [1.29, 1.82) is 5.26 Å². The number of alkyl halides is 3. The van der Waals surface area contributed by atoms with Gasteiger partial charge in [0.25, 0.3) is 5.91 Å². The van der Waals surface area contributed by atoms with Crippen molar-refractivity contribution >= 4 is 17.7 Å². The molecular weight excluding hydrogens is 385 g/mol. The van der Waals surface area contributed by atoms with Crippen LogP contribution in [0.2, 0.25) is 0 Å². The molecule has 0 aromatic heterocycles. The fourth-order valence-corrected chi connectivity index (χ4v) is 2.39. The van der Waals surface area contributed by atoms with Crippen LogP contribution in [0, 0.1) is 11.3 Å². The Bertz CT molecular complexity index is 947. The molecule has 0 heterocycles. The van der Waals surface area contributed by atoms with Crippen molar-refractivity contribution in [3.63, 3.8) is 0 Å². The smallest absolute Gasteiger partial charge is 0.416 e. The van der Waals surface area contributed by atoms with Gasteiger partial charge in [-0.15, -0.1) is 0 Å². The molecule has 0 aliphatic heterocycles. The van der Waals surface area contributed by atoms with E-state index in [4.69, 9.17) is 9.47 Å². The minimum Gasteiger partial charge on any atom is -0.493 e. The molecule has 0 bridgehead atoms. The van der Waals surface area contributed by atoms with Crippen LogP contribution in [0.25, 0.3) is 6.08 Å². The summed E-state index contributed by atoms with van der Waals surface area (Å²) < 4.78 is 49.2. The molecule has 2 aromatic carbocycles. The molecule has 152 valence electrons. The van der Waals surface area contributed by atoms with Crippen molar-refractivity contribution in [2.45, 2.75) is 19.5 Å². The maximum Gasteiger partial charge on any atom is 0.416 e. The number of methoxy groups -OCH3 is 1. The highest BCUT2D eigenvalue weighted by atomic mass is 19.4. The normalized spacial score (nSPS) is 11.5. The van der Waals surface area contributed by atoms with E-state index in [1.54, 1.807) is 24.3 Å². The predicted molar refractivity (Wildman–Crippen MR) is 102 cm³/mol. The standard InChI is InChI=1S/C21H19F3N2O3/c1-3-9-29-18-8-7-14(11-19(18)28-2)10-15(13-25)20(27)26-17-6-4-5-16(12-17)21(22,23)24/h4-8,10-12H,3,9H2,1-2H3,(H,26,27)/b15-10+. The van der Waals surface area contributed by atoms with Gasteiger partial charge in [0.1, 0.15) is 11.6 Å². The highest BCUT2D eigenvalue weighted by Crippen LogP contribution is 2.31. The van der Waals surface area contributed by atoms with Gasteiger partial charge in [-0.2, -0.15) is 18.4 Å². The maximum absolute atomic E-state index is 12.8. The van der Waals surface area contributed by atoms with E-state index in [1.807, 2.05) is 6.92 Å². The minimum absolute atomic E-state index is 0.0631. The third-order valence-corrected chi connectivity index (χ3v) is 3.77. The highest BCUT2D eigenvalue weighted by molar-refractivity contribution is 6.09. The second-order valence-corrected chi connectivity index (χ2v) is 5.96. The summed E-state index contributed by atoms with van der Waals surface area (Å²) in [4.78, 5) is 12.3. The molecule has 8 heteroatoms. The molecule has 0 radical (unpaired) electrons. The number of nitrogens with zero attached hydrogens (tertiary/aromatic N) is 1. The average molecular weight is 404 g/mol. The van der Waals surface area contributed by atoms with Crippen molar-refractivity contribution in [3.05, 3.63) is 59.2 Å². The molecule has 0 atom stereocenters. The molecule has 0 unspecified atom stereocenters. The summed E-state index contributed by atoms with van der Waals surface area (Å²) in [5, 5.41) is 11.6. The Morgan fingerprint density at radius 3 is 2.59 bits per heavy atom.